The van der Waals surface area contributed by atoms with Gasteiger partial charge >= 0.3 is 5.97 Å². The van der Waals surface area contributed by atoms with Crippen LogP contribution < -0.4 is 4.90 Å². The van der Waals surface area contributed by atoms with Crippen molar-refractivity contribution in [3.63, 3.8) is 0 Å². The highest BCUT2D eigenvalue weighted by molar-refractivity contribution is 7.16. The van der Waals surface area contributed by atoms with Crippen molar-refractivity contribution in [2.75, 3.05) is 11.4 Å². The van der Waals surface area contributed by atoms with E-state index in [4.69, 9.17) is 5.11 Å². The van der Waals surface area contributed by atoms with Crippen molar-refractivity contribution in [3.8, 4) is 0 Å². The maximum Gasteiger partial charge on any atom is 0.345 e. The second-order valence-corrected chi connectivity index (χ2v) is 6.69. The fourth-order valence-electron chi connectivity index (χ4n) is 2.99. The van der Waals surface area contributed by atoms with Crippen molar-refractivity contribution in [1.29, 1.82) is 0 Å². The van der Waals surface area contributed by atoms with Gasteiger partial charge in [0.15, 0.2) is 0 Å². The van der Waals surface area contributed by atoms with Crippen molar-refractivity contribution < 1.29 is 14.7 Å². The second-order valence-electron chi connectivity index (χ2n) is 5.61. The van der Waals surface area contributed by atoms with Gasteiger partial charge in [0.2, 0.25) is 0 Å². The molecule has 4 nitrogen and oxygen atoms in total. The number of hydrogen-bond acceptors (Lipinski definition) is 3. The molecule has 1 amide bonds. The van der Waals surface area contributed by atoms with Gasteiger partial charge in [-0.2, -0.15) is 0 Å². The van der Waals surface area contributed by atoms with Crippen LogP contribution in [0.5, 0.6) is 0 Å². The van der Waals surface area contributed by atoms with Gasteiger partial charge in [-0.15, -0.1) is 11.3 Å². The molecule has 2 aromatic rings. The Labute approximate surface area is 133 Å². The lowest BCUT2D eigenvalue weighted by molar-refractivity contribution is 0.0702. The fourth-order valence-corrected chi connectivity index (χ4v) is 3.78. The number of rotatable bonds is 2. The third-order valence-electron chi connectivity index (χ3n) is 3.97. The Morgan fingerprint density at radius 1 is 1.18 bits per heavy atom. The van der Waals surface area contributed by atoms with E-state index in [9.17, 15) is 9.59 Å². The maximum absolute atomic E-state index is 12.8. The molecule has 3 rings (SSSR count). The first-order valence-electron chi connectivity index (χ1n) is 7.22. The second kappa shape index (κ2) is 5.57. The summed E-state index contributed by atoms with van der Waals surface area (Å²) in [6.45, 7) is 4.78. The van der Waals surface area contributed by atoms with Crippen molar-refractivity contribution >= 4 is 28.9 Å². The van der Waals surface area contributed by atoms with E-state index < -0.39 is 5.97 Å². The molecule has 0 saturated carbocycles. The summed E-state index contributed by atoms with van der Waals surface area (Å²) in [6.07, 6.45) is 1.91. The summed E-state index contributed by atoms with van der Waals surface area (Å²) in [7, 11) is 0. The molecule has 0 radical (unpaired) electrons. The van der Waals surface area contributed by atoms with Crippen LogP contribution >= 0.6 is 11.3 Å². The third kappa shape index (κ3) is 2.52. The van der Waals surface area contributed by atoms with Gasteiger partial charge in [-0.05, 0) is 61.6 Å². The number of nitrogens with zero attached hydrogens (tertiary/aromatic N) is 1. The number of carboxylic acid groups (broad SMARTS) is 1. The van der Waals surface area contributed by atoms with Gasteiger partial charge in [0, 0.05) is 12.2 Å². The van der Waals surface area contributed by atoms with Crippen LogP contribution in [0.15, 0.2) is 24.3 Å². The molecule has 0 saturated heterocycles. The van der Waals surface area contributed by atoms with Crippen LogP contribution in [0.25, 0.3) is 0 Å². The highest BCUT2D eigenvalue weighted by atomic mass is 32.1. The number of thiophene rings is 1. The van der Waals surface area contributed by atoms with Crippen molar-refractivity contribution in [1.82, 2.24) is 0 Å². The Kier molecular flexibility index (Phi) is 3.74. The standard InChI is InChI=1S/C17H17NO3S/c1-10-8-11(2)12-4-3-7-18(13(12)9-10)16(19)14-5-6-15(22-14)17(20)21/h5-6,8-9H,3-4,7H2,1-2H3,(H,20,21). The molecule has 5 heteroatoms. The summed E-state index contributed by atoms with van der Waals surface area (Å²) >= 11 is 1.04. The fraction of sp³-hybridized carbons (Fsp3) is 0.294. The van der Waals surface area contributed by atoms with E-state index in [1.165, 1.54) is 17.2 Å². The Bertz CT molecular complexity index is 763. The molecule has 1 aliphatic rings. The maximum atomic E-state index is 12.8. The van der Waals surface area contributed by atoms with Crippen molar-refractivity contribution in [2.45, 2.75) is 26.7 Å². The minimum atomic E-state index is -0.991. The van der Waals surface area contributed by atoms with Gasteiger partial charge in [0.1, 0.15) is 4.88 Å². The van der Waals surface area contributed by atoms with Gasteiger partial charge in [0.05, 0.1) is 4.88 Å². The van der Waals surface area contributed by atoms with Crippen LogP contribution in [0, 0.1) is 13.8 Å². The molecule has 0 bridgehead atoms. The number of anilines is 1. The lowest BCUT2D eigenvalue weighted by Gasteiger charge is -2.30. The highest BCUT2D eigenvalue weighted by Crippen LogP contribution is 2.33. The van der Waals surface area contributed by atoms with Gasteiger partial charge in [-0.3, -0.25) is 4.79 Å². The van der Waals surface area contributed by atoms with Crippen LogP contribution in [-0.4, -0.2) is 23.5 Å². The molecule has 0 aliphatic carbocycles. The Hall–Kier alpha value is -2.14. The quantitative estimate of drug-likeness (QED) is 0.920. The molecule has 114 valence electrons. The Balaban J connectivity index is 1.99. The number of aromatic carboxylic acids is 1. The largest absolute Gasteiger partial charge is 0.477 e. The molecular formula is C17H17NO3S. The highest BCUT2D eigenvalue weighted by Gasteiger charge is 2.26. The third-order valence-corrected chi connectivity index (χ3v) is 5.03. The molecule has 1 aromatic heterocycles. The Morgan fingerprint density at radius 3 is 2.59 bits per heavy atom. The zero-order valence-electron chi connectivity index (χ0n) is 12.5. The molecule has 0 atom stereocenters. The number of carbonyl (C=O) groups excluding carboxylic acids is 1. The predicted molar refractivity (Wildman–Crippen MR) is 87.2 cm³/mol. The van der Waals surface area contributed by atoms with Gasteiger partial charge in [-0.25, -0.2) is 4.79 Å². The number of fused-ring (bicyclic) bond motifs is 1. The number of carbonyl (C=O) groups is 2. The van der Waals surface area contributed by atoms with Gasteiger partial charge in [0.25, 0.3) is 5.91 Å². The van der Waals surface area contributed by atoms with E-state index in [1.807, 2.05) is 13.0 Å². The van der Waals surface area contributed by atoms with E-state index in [0.29, 0.717) is 11.4 Å². The Morgan fingerprint density at radius 2 is 1.91 bits per heavy atom. The molecule has 2 heterocycles. The zero-order chi connectivity index (χ0) is 15.9. The topological polar surface area (TPSA) is 57.6 Å². The van der Waals surface area contributed by atoms with E-state index in [1.54, 1.807) is 11.0 Å². The van der Waals surface area contributed by atoms with Gasteiger partial charge < -0.3 is 10.0 Å². The first-order valence-corrected chi connectivity index (χ1v) is 8.04. The number of amides is 1. The molecule has 0 spiro atoms. The first-order chi connectivity index (χ1) is 10.5. The molecule has 22 heavy (non-hydrogen) atoms. The molecule has 0 fully saturated rings. The average Bonchev–Trinajstić information content (AvgIpc) is 2.96. The average molecular weight is 315 g/mol. The van der Waals surface area contributed by atoms with E-state index in [-0.39, 0.29) is 10.8 Å². The van der Waals surface area contributed by atoms with Crippen molar-refractivity contribution in [2.24, 2.45) is 0 Å². The van der Waals surface area contributed by atoms with Crippen LogP contribution in [-0.2, 0) is 6.42 Å². The molecule has 1 aliphatic heterocycles. The predicted octanol–water partition coefficient (Wildman–Crippen LogP) is 3.66. The number of hydrogen-bond donors (Lipinski definition) is 1. The van der Waals surface area contributed by atoms with E-state index in [2.05, 4.69) is 13.0 Å². The summed E-state index contributed by atoms with van der Waals surface area (Å²) < 4.78 is 0. The molecule has 0 unspecified atom stereocenters. The van der Waals surface area contributed by atoms with Crippen LogP contribution in [0.1, 0.15) is 42.5 Å². The summed E-state index contributed by atoms with van der Waals surface area (Å²) in [5, 5.41) is 9.01. The summed E-state index contributed by atoms with van der Waals surface area (Å²) in [5.41, 5.74) is 4.54. The number of carboxylic acids is 1. The molecular weight excluding hydrogens is 298 g/mol. The van der Waals surface area contributed by atoms with Crippen LogP contribution in [0.3, 0.4) is 0 Å². The summed E-state index contributed by atoms with van der Waals surface area (Å²) in [4.78, 5) is 26.2. The number of benzene rings is 1. The first kappa shape index (κ1) is 14.8. The monoisotopic (exact) mass is 315 g/mol. The molecule has 1 N–H and O–H groups in total. The smallest absolute Gasteiger partial charge is 0.345 e. The van der Waals surface area contributed by atoms with Crippen LogP contribution in [0.4, 0.5) is 5.69 Å². The SMILES string of the molecule is Cc1cc(C)c2c(c1)N(C(=O)c1ccc(C(=O)O)s1)CCC2. The van der Waals surface area contributed by atoms with Crippen molar-refractivity contribution in [3.05, 3.63) is 50.7 Å². The summed E-state index contributed by atoms with van der Waals surface area (Å²) in [5.74, 6) is -1.10. The lowest BCUT2D eigenvalue weighted by Crippen LogP contribution is -2.35. The van der Waals surface area contributed by atoms with E-state index >= 15 is 0 Å². The zero-order valence-corrected chi connectivity index (χ0v) is 13.4. The van der Waals surface area contributed by atoms with Gasteiger partial charge in [-0.1, -0.05) is 6.07 Å². The number of aryl methyl sites for hydroxylation is 2. The minimum absolute atomic E-state index is 0.108. The summed E-state index contributed by atoms with van der Waals surface area (Å²) in [6, 6.07) is 7.28. The minimum Gasteiger partial charge on any atom is -0.477 e. The molecule has 1 aromatic carbocycles. The van der Waals surface area contributed by atoms with E-state index in [0.717, 1.165) is 35.4 Å². The van der Waals surface area contributed by atoms with Crippen LogP contribution in [0.2, 0.25) is 0 Å². The lowest BCUT2D eigenvalue weighted by atomic mass is 9.95. The normalized spacial score (nSPS) is 13.8.